The van der Waals surface area contributed by atoms with E-state index in [1.165, 1.54) is 0 Å². The summed E-state index contributed by atoms with van der Waals surface area (Å²) in [4.78, 5) is 11.4. The highest BCUT2D eigenvalue weighted by atomic mass is 16.1. The Labute approximate surface area is 94.7 Å². The first-order chi connectivity index (χ1) is 7.79. The maximum atomic E-state index is 11.4. The second-order valence-corrected chi connectivity index (χ2v) is 3.68. The van der Waals surface area contributed by atoms with Crippen LogP contribution >= 0.6 is 0 Å². The van der Waals surface area contributed by atoms with Crippen molar-refractivity contribution >= 4 is 5.78 Å². The van der Waals surface area contributed by atoms with Gasteiger partial charge in [-0.05, 0) is 11.6 Å². The molecule has 3 nitrogen and oxygen atoms in total. The average Bonchev–Trinajstić information content (AvgIpc) is 2.82. The zero-order valence-electron chi connectivity index (χ0n) is 9.26. The molecule has 2 aromatic rings. The van der Waals surface area contributed by atoms with Crippen molar-refractivity contribution in [2.45, 2.75) is 19.9 Å². The van der Waals surface area contributed by atoms with Crippen molar-refractivity contribution in [3.63, 3.8) is 0 Å². The molecule has 0 spiro atoms. The summed E-state index contributed by atoms with van der Waals surface area (Å²) < 4.78 is 1.86. The molecule has 1 aromatic carbocycles. The lowest BCUT2D eigenvalue weighted by Gasteiger charge is -2.03. The van der Waals surface area contributed by atoms with Gasteiger partial charge in [-0.25, -0.2) is 0 Å². The molecular weight excluding hydrogens is 200 g/mol. The molecule has 2 rings (SSSR count). The molecule has 0 aliphatic rings. The van der Waals surface area contributed by atoms with E-state index in [2.05, 4.69) is 5.10 Å². The van der Waals surface area contributed by atoms with E-state index in [9.17, 15) is 4.79 Å². The fourth-order valence-electron chi connectivity index (χ4n) is 1.58. The lowest BCUT2D eigenvalue weighted by Crippen LogP contribution is -2.01. The molecule has 0 aliphatic carbocycles. The number of carbonyl (C=O) groups excluding carboxylic acids is 1. The molecule has 0 saturated heterocycles. The summed E-state index contributed by atoms with van der Waals surface area (Å²) in [6, 6.07) is 9.61. The second kappa shape index (κ2) is 4.75. The van der Waals surface area contributed by atoms with E-state index in [0.29, 0.717) is 6.42 Å². The molecule has 82 valence electrons. The van der Waals surface area contributed by atoms with E-state index >= 15 is 0 Å². The Morgan fingerprint density at radius 1 is 1.31 bits per heavy atom. The summed E-state index contributed by atoms with van der Waals surface area (Å²) >= 11 is 0. The van der Waals surface area contributed by atoms with Crippen molar-refractivity contribution in [3.8, 4) is 0 Å². The van der Waals surface area contributed by atoms with Crippen LogP contribution in [0.4, 0.5) is 0 Å². The quantitative estimate of drug-likeness (QED) is 0.733. The Kier molecular flexibility index (Phi) is 3.15. The van der Waals surface area contributed by atoms with E-state index in [4.69, 9.17) is 0 Å². The topological polar surface area (TPSA) is 34.9 Å². The number of hydrogen-bond donors (Lipinski definition) is 0. The smallest absolute Gasteiger partial charge is 0.162 e. The van der Waals surface area contributed by atoms with E-state index in [1.807, 2.05) is 48.1 Å². The molecule has 0 atom stereocenters. The largest absolute Gasteiger partial charge is 0.294 e. The number of Topliss-reactive ketones (excluding diaryl/α,β-unsaturated/α-hetero) is 1. The Balaban J connectivity index is 2.10. The Morgan fingerprint density at radius 2 is 2.06 bits per heavy atom. The van der Waals surface area contributed by atoms with Gasteiger partial charge in [0.1, 0.15) is 0 Å². The molecule has 0 unspecified atom stereocenters. The number of nitrogens with zero attached hydrogens (tertiary/aromatic N) is 2. The van der Waals surface area contributed by atoms with Gasteiger partial charge < -0.3 is 0 Å². The second-order valence-electron chi connectivity index (χ2n) is 3.68. The summed E-state index contributed by atoms with van der Waals surface area (Å²) in [6.45, 7) is 2.62. The van der Waals surface area contributed by atoms with E-state index in [0.717, 1.165) is 17.7 Å². The van der Waals surface area contributed by atoms with Crippen LogP contribution in [0.15, 0.2) is 42.7 Å². The van der Waals surface area contributed by atoms with E-state index < -0.39 is 0 Å². The molecule has 1 aromatic heterocycles. The van der Waals surface area contributed by atoms with E-state index in [1.54, 1.807) is 6.20 Å². The maximum absolute atomic E-state index is 11.4. The number of benzene rings is 1. The number of aromatic nitrogens is 2. The lowest BCUT2D eigenvalue weighted by molar-refractivity contribution is 0.0988. The van der Waals surface area contributed by atoms with Gasteiger partial charge in [0.05, 0.1) is 6.54 Å². The molecule has 0 aliphatic heterocycles. The van der Waals surface area contributed by atoms with E-state index in [-0.39, 0.29) is 5.78 Å². The number of rotatable bonds is 4. The highest BCUT2D eigenvalue weighted by Gasteiger charge is 2.02. The van der Waals surface area contributed by atoms with Gasteiger partial charge in [-0.1, -0.05) is 31.2 Å². The molecule has 16 heavy (non-hydrogen) atoms. The highest BCUT2D eigenvalue weighted by molar-refractivity contribution is 5.95. The summed E-state index contributed by atoms with van der Waals surface area (Å²) in [7, 11) is 0. The molecule has 0 N–H and O–H groups in total. The predicted molar refractivity (Wildman–Crippen MR) is 62.4 cm³/mol. The van der Waals surface area contributed by atoms with Crippen molar-refractivity contribution < 1.29 is 4.79 Å². The minimum atomic E-state index is 0.186. The van der Waals surface area contributed by atoms with Gasteiger partial charge in [0, 0.05) is 24.4 Å². The first-order valence-electron chi connectivity index (χ1n) is 5.39. The fraction of sp³-hybridized carbons (Fsp3) is 0.231. The van der Waals surface area contributed by atoms with Crippen LogP contribution in [-0.2, 0) is 6.54 Å². The van der Waals surface area contributed by atoms with Gasteiger partial charge in [0.15, 0.2) is 5.78 Å². The van der Waals surface area contributed by atoms with Crippen LogP contribution in [-0.4, -0.2) is 15.6 Å². The first kappa shape index (κ1) is 10.6. The Morgan fingerprint density at radius 3 is 2.62 bits per heavy atom. The summed E-state index contributed by atoms with van der Waals surface area (Å²) in [5.41, 5.74) is 1.93. The van der Waals surface area contributed by atoms with Crippen molar-refractivity contribution in [3.05, 3.63) is 53.9 Å². The monoisotopic (exact) mass is 214 g/mol. The Bertz CT molecular complexity index is 457. The van der Waals surface area contributed by atoms with Crippen LogP contribution in [0.25, 0.3) is 0 Å². The molecule has 0 fully saturated rings. The minimum Gasteiger partial charge on any atom is -0.294 e. The average molecular weight is 214 g/mol. The van der Waals surface area contributed by atoms with Crippen LogP contribution in [0.5, 0.6) is 0 Å². The van der Waals surface area contributed by atoms with Crippen molar-refractivity contribution in [2.24, 2.45) is 0 Å². The SMILES string of the molecule is CCC(=O)c1ccc(Cn2cccn2)cc1. The third kappa shape index (κ3) is 2.37. The minimum absolute atomic E-state index is 0.186. The van der Waals surface area contributed by atoms with Crippen LogP contribution in [0.1, 0.15) is 29.3 Å². The molecule has 0 bridgehead atoms. The zero-order chi connectivity index (χ0) is 11.4. The molecule has 1 heterocycles. The third-order valence-electron chi connectivity index (χ3n) is 2.50. The zero-order valence-corrected chi connectivity index (χ0v) is 9.26. The van der Waals surface area contributed by atoms with Crippen molar-refractivity contribution in [1.29, 1.82) is 0 Å². The van der Waals surface area contributed by atoms with Gasteiger partial charge >= 0.3 is 0 Å². The van der Waals surface area contributed by atoms with Gasteiger partial charge in [0.2, 0.25) is 0 Å². The van der Waals surface area contributed by atoms with Crippen LogP contribution in [0.3, 0.4) is 0 Å². The van der Waals surface area contributed by atoms with Gasteiger partial charge in [-0.2, -0.15) is 5.10 Å². The van der Waals surface area contributed by atoms with Gasteiger partial charge in [-0.15, -0.1) is 0 Å². The standard InChI is InChI=1S/C13H14N2O/c1-2-13(16)12-6-4-11(5-7-12)10-15-9-3-8-14-15/h3-9H,2,10H2,1H3. The van der Waals surface area contributed by atoms with Crippen molar-refractivity contribution in [1.82, 2.24) is 9.78 Å². The molecule has 0 saturated carbocycles. The summed E-state index contributed by atoms with van der Waals surface area (Å²) in [5.74, 6) is 0.186. The van der Waals surface area contributed by atoms with Crippen molar-refractivity contribution in [2.75, 3.05) is 0 Å². The van der Waals surface area contributed by atoms with Crippen LogP contribution < -0.4 is 0 Å². The lowest BCUT2D eigenvalue weighted by atomic mass is 10.1. The predicted octanol–water partition coefficient (Wildman–Crippen LogP) is 2.52. The number of hydrogen-bond acceptors (Lipinski definition) is 2. The fourth-order valence-corrected chi connectivity index (χ4v) is 1.58. The number of carbonyl (C=O) groups is 1. The first-order valence-corrected chi connectivity index (χ1v) is 5.39. The Hall–Kier alpha value is -1.90. The third-order valence-corrected chi connectivity index (χ3v) is 2.50. The highest BCUT2D eigenvalue weighted by Crippen LogP contribution is 2.08. The summed E-state index contributed by atoms with van der Waals surface area (Å²) in [5, 5.41) is 4.13. The summed E-state index contributed by atoms with van der Waals surface area (Å²) in [6.07, 6.45) is 4.23. The van der Waals surface area contributed by atoms with Crippen LogP contribution in [0, 0.1) is 0 Å². The molecular formula is C13H14N2O. The number of ketones is 1. The van der Waals surface area contributed by atoms with Gasteiger partial charge in [-0.3, -0.25) is 9.48 Å². The van der Waals surface area contributed by atoms with Crippen LogP contribution in [0.2, 0.25) is 0 Å². The van der Waals surface area contributed by atoms with Gasteiger partial charge in [0.25, 0.3) is 0 Å². The molecule has 0 radical (unpaired) electrons. The molecule has 0 amide bonds. The maximum Gasteiger partial charge on any atom is 0.162 e. The normalized spacial score (nSPS) is 10.3. The molecule has 3 heteroatoms.